The molecule has 0 saturated heterocycles. The summed E-state index contributed by atoms with van der Waals surface area (Å²) in [5.74, 6) is 0.338. The number of benzene rings is 2. The Labute approximate surface area is 147 Å². The number of rotatable bonds is 4. The van der Waals surface area contributed by atoms with Crippen molar-refractivity contribution in [3.05, 3.63) is 53.6 Å². The third-order valence-electron chi connectivity index (χ3n) is 4.72. The van der Waals surface area contributed by atoms with E-state index in [1.807, 2.05) is 19.1 Å². The van der Waals surface area contributed by atoms with E-state index in [1.165, 1.54) is 0 Å². The van der Waals surface area contributed by atoms with Crippen LogP contribution in [-0.2, 0) is 21.2 Å². The molecule has 130 valence electrons. The van der Waals surface area contributed by atoms with Crippen molar-refractivity contribution in [1.82, 2.24) is 0 Å². The Morgan fingerprint density at radius 3 is 2.68 bits per heavy atom. The number of aryl methyl sites for hydroxylation is 1. The third-order valence-corrected chi connectivity index (χ3v) is 6.10. The molecule has 4 rings (SSSR count). The Balaban J connectivity index is 1.60. The van der Waals surface area contributed by atoms with E-state index in [1.54, 1.807) is 35.2 Å². The Bertz CT molecular complexity index is 949. The molecule has 0 radical (unpaired) electrons. The number of hydrogen-bond acceptors (Lipinski definition) is 3. The lowest BCUT2D eigenvalue weighted by atomic mass is 10.2. The maximum absolute atomic E-state index is 12.7. The van der Waals surface area contributed by atoms with Gasteiger partial charge in [-0.15, -0.1) is 0 Å². The zero-order chi connectivity index (χ0) is 17.6. The molecule has 0 unspecified atom stereocenters. The Kier molecular flexibility index (Phi) is 3.80. The Morgan fingerprint density at radius 2 is 1.96 bits per heavy atom. The van der Waals surface area contributed by atoms with Crippen LogP contribution in [0.2, 0.25) is 0 Å². The number of carbonyl (C=O) groups excluding carboxylic acids is 1. The fourth-order valence-corrected chi connectivity index (χ4v) is 4.35. The summed E-state index contributed by atoms with van der Waals surface area (Å²) in [5, 5.41) is 0. The number of nitrogens with one attached hydrogen (secondary N) is 1. The van der Waals surface area contributed by atoms with Gasteiger partial charge in [-0.2, -0.15) is 0 Å². The van der Waals surface area contributed by atoms with Gasteiger partial charge in [-0.3, -0.25) is 9.52 Å². The van der Waals surface area contributed by atoms with E-state index >= 15 is 0 Å². The van der Waals surface area contributed by atoms with Crippen LogP contribution in [0.3, 0.4) is 0 Å². The molecule has 0 aromatic heterocycles. The van der Waals surface area contributed by atoms with E-state index in [2.05, 4.69) is 4.72 Å². The summed E-state index contributed by atoms with van der Waals surface area (Å²) >= 11 is 0. The van der Waals surface area contributed by atoms with Crippen LogP contribution in [0.15, 0.2) is 47.4 Å². The predicted octanol–water partition coefficient (Wildman–Crippen LogP) is 3.09. The number of fused-ring (bicyclic) bond motifs is 1. The lowest BCUT2D eigenvalue weighted by Crippen LogP contribution is -2.30. The van der Waals surface area contributed by atoms with Crippen molar-refractivity contribution in [2.45, 2.75) is 31.1 Å². The first-order chi connectivity index (χ1) is 11.9. The molecule has 1 fully saturated rings. The standard InChI is InChI=1S/C19H20N2O3S/c1-13-3-2-4-16(11-13)20-25(23,24)17-7-8-18-15(12-17)9-10-21(18)19(22)14-5-6-14/h2-4,7-8,11-12,14,20H,5-6,9-10H2,1H3. The number of nitrogens with zero attached hydrogens (tertiary/aromatic N) is 1. The van der Waals surface area contributed by atoms with Crippen molar-refractivity contribution < 1.29 is 13.2 Å². The van der Waals surface area contributed by atoms with Crippen LogP contribution >= 0.6 is 0 Å². The van der Waals surface area contributed by atoms with E-state index in [0.717, 1.165) is 29.7 Å². The Morgan fingerprint density at radius 1 is 1.16 bits per heavy atom. The first kappa shape index (κ1) is 16.1. The number of anilines is 2. The summed E-state index contributed by atoms with van der Waals surface area (Å²) in [5.41, 5.74) is 3.31. The van der Waals surface area contributed by atoms with E-state index in [0.29, 0.717) is 18.7 Å². The summed E-state index contributed by atoms with van der Waals surface area (Å²) in [7, 11) is -3.65. The molecule has 5 nitrogen and oxygen atoms in total. The van der Waals surface area contributed by atoms with Gasteiger partial charge >= 0.3 is 0 Å². The fraction of sp³-hybridized carbons (Fsp3) is 0.316. The summed E-state index contributed by atoms with van der Waals surface area (Å²) in [6.07, 6.45) is 2.64. The maximum atomic E-state index is 12.7. The van der Waals surface area contributed by atoms with Gasteiger partial charge in [-0.05, 0) is 67.6 Å². The van der Waals surface area contributed by atoms with Gasteiger partial charge < -0.3 is 4.90 Å². The van der Waals surface area contributed by atoms with E-state index < -0.39 is 10.0 Å². The minimum atomic E-state index is -3.65. The minimum Gasteiger partial charge on any atom is -0.312 e. The van der Waals surface area contributed by atoms with Crippen molar-refractivity contribution >= 4 is 27.3 Å². The highest BCUT2D eigenvalue weighted by Gasteiger charge is 2.36. The van der Waals surface area contributed by atoms with Crippen LogP contribution < -0.4 is 9.62 Å². The zero-order valence-corrected chi connectivity index (χ0v) is 14.8. The average Bonchev–Trinajstić information content (AvgIpc) is 3.33. The molecule has 0 spiro atoms. The summed E-state index contributed by atoms with van der Waals surface area (Å²) < 4.78 is 27.9. The van der Waals surface area contributed by atoms with E-state index in [-0.39, 0.29) is 16.7 Å². The molecule has 1 N–H and O–H groups in total. The van der Waals surface area contributed by atoms with Crippen molar-refractivity contribution in [3.8, 4) is 0 Å². The van der Waals surface area contributed by atoms with Gasteiger partial charge in [0.2, 0.25) is 5.91 Å². The summed E-state index contributed by atoms with van der Waals surface area (Å²) in [6, 6.07) is 12.3. The predicted molar refractivity (Wildman–Crippen MR) is 97.2 cm³/mol. The SMILES string of the molecule is Cc1cccc(NS(=O)(=O)c2ccc3c(c2)CCN3C(=O)C2CC2)c1. The quantitative estimate of drug-likeness (QED) is 0.915. The normalized spacial score (nSPS) is 16.6. The number of hydrogen-bond donors (Lipinski definition) is 1. The molecule has 2 aromatic carbocycles. The molecule has 1 saturated carbocycles. The molecule has 1 aliphatic heterocycles. The topological polar surface area (TPSA) is 66.5 Å². The van der Waals surface area contributed by atoms with Crippen LogP contribution in [0.4, 0.5) is 11.4 Å². The van der Waals surface area contributed by atoms with Gasteiger partial charge in [0, 0.05) is 23.8 Å². The molecule has 25 heavy (non-hydrogen) atoms. The van der Waals surface area contributed by atoms with Gasteiger partial charge in [0.15, 0.2) is 0 Å². The molecule has 2 aromatic rings. The second-order valence-corrected chi connectivity index (χ2v) is 8.46. The second kappa shape index (κ2) is 5.88. The molecule has 0 bridgehead atoms. The first-order valence-corrected chi connectivity index (χ1v) is 9.96. The molecule has 6 heteroatoms. The van der Waals surface area contributed by atoms with Crippen LogP contribution in [0.25, 0.3) is 0 Å². The molecule has 2 aliphatic rings. The number of carbonyl (C=O) groups is 1. The number of sulfonamides is 1. The average molecular weight is 356 g/mol. The fourth-order valence-electron chi connectivity index (χ4n) is 3.25. The van der Waals surface area contributed by atoms with Crippen molar-refractivity contribution in [1.29, 1.82) is 0 Å². The van der Waals surface area contributed by atoms with Crippen LogP contribution in [-0.4, -0.2) is 20.9 Å². The molecule has 1 amide bonds. The first-order valence-electron chi connectivity index (χ1n) is 8.48. The third kappa shape index (κ3) is 3.14. The van der Waals surface area contributed by atoms with Gasteiger partial charge in [0.25, 0.3) is 10.0 Å². The van der Waals surface area contributed by atoms with E-state index in [9.17, 15) is 13.2 Å². The molecular weight excluding hydrogens is 336 g/mol. The van der Waals surface area contributed by atoms with Gasteiger partial charge in [0.1, 0.15) is 0 Å². The Hall–Kier alpha value is -2.34. The summed E-state index contributed by atoms with van der Waals surface area (Å²) in [6.45, 7) is 2.55. The largest absolute Gasteiger partial charge is 0.312 e. The van der Waals surface area contributed by atoms with Crippen molar-refractivity contribution in [2.24, 2.45) is 5.92 Å². The van der Waals surface area contributed by atoms with Crippen LogP contribution in [0.1, 0.15) is 24.0 Å². The maximum Gasteiger partial charge on any atom is 0.261 e. The highest BCUT2D eigenvalue weighted by atomic mass is 32.2. The molecule has 1 heterocycles. The van der Waals surface area contributed by atoms with Crippen molar-refractivity contribution in [3.63, 3.8) is 0 Å². The number of amides is 1. The highest BCUT2D eigenvalue weighted by molar-refractivity contribution is 7.92. The second-order valence-electron chi connectivity index (χ2n) is 6.78. The lowest BCUT2D eigenvalue weighted by Gasteiger charge is -2.17. The minimum absolute atomic E-state index is 0.164. The molecular formula is C19H20N2O3S. The van der Waals surface area contributed by atoms with Crippen LogP contribution in [0, 0.1) is 12.8 Å². The lowest BCUT2D eigenvalue weighted by molar-refractivity contribution is -0.119. The smallest absolute Gasteiger partial charge is 0.261 e. The van der Waals surface area contributed by atoms with Gasteiger partial charge in [-0.25, -0.2) is 8.42 Å². The highest BCUT2D eigenvalue weighted by Crippen LogP contribution is 2.37. The molecule has 0 atom stereocenters. The van der Waals surface area contributed by atoms with E-state index in [4.69, 9.17) is 0 Å². The zero-order valence-electron chi connectivity index (χ0n) is 14.0. The van der Waals surface area contributed by atoms with Gasteiger partial charge in [-0.1, -0.05) is 12.1 Å². The molecule has 1 aliphatic carbocycles. The summed E-state index contributed by atoms with van der Waals surface area (Å²) in [4.78, 5) is 14.4. The monoisotopic (exact) mass is 356 g/mol. The van der Waals surface area contributed by atoms with Crippen molar-refractivity contribution in [2.75, 3.05) is 16.2 Å². The van der Waals surface area contributed by atoms with Gasteiger partial charge in [0.05, 0.1) is 4.90 Å². The van der Waals surface area contributed by atoms with Crippen LogP contribution in [0.5, 0.6) is 0 Å².